The second-order valence-electron chi connectivity index (χ2n) is 4.37. The van der Waals surface area contributed by atoms with Crippen LogP contribution in [-0.2, 0) is 0 Å². The van der Waals surface area contributed by atoms with Crippen molar-refractivity contribution in [2.75, 3.05) is 20.1 Å². The topological polar surface area (TPSA) is 3.24 Å². The third-order valence-electron chi connectivity index (χ3n) is 3.09. The van der Waals surface area contributed by atoms with Crippen molar-refractivity contribution in [2.24, 2.45) is 11.8 Å². The molecule has 0 N–H and O–H groups in total. The van der Waals surface area contributed by atoms with Crippen LogP contribution in [0.5, 0.6) is 0 Å². The molecule has 1 heteroatoms. The number of rotatable bonds is 5. The largest absolute Gasteiger partial charge is 0.306 e. The Labute approximate surface area is 77.1 Å². The molecule has 0 aromatic carbocycles. The van der Waals surface area contributed by atoms with Gasteiger partial charge in [0.1, 0.15) is 0 Å². The van der Waals surface area contributed by atoms with Crippen LogP contribution in [0, 0.1) is 11.8 Å². The molecule has 0 spiro atoms. The van der Waals surface area contributed by atoms with Crippen LogP contribution in [0.1, 0.15) is 39.5 Å². The van der Waals surface area contributed by atoms with Gasteiger partial charge in [0, 0.05) is 6.54 Å². The molecule has 1 aliphatic carbocycles. The molecule has 0 bridgehead atoms. The zero-order valence-electron chi connectivity index (χ0n) is 8.84. The third-order valence-corrected chi connectivity index (χ3v) is 3.09. The molecule has 0 aromatic heterocycles. The van der Waals surface area contributed by atoms with Gasteiger partial charge in [-0.1, -0.05) is 20.3 Å². The summed E-state index contributed by atoms with van der Waals surface area (Å²) < 4.78 is 0. The Hall–Kier alpha value is -0.0400. The van der Waals surface area contributed by atoms with Gasteiger partial charge < -0.3 is 4.90 Å². The van der Waals surface area contributed by atoms with Crippen LogP contribution in [0.2, 0.25) is 0 Å². The van der Waals surface area contributed by atoms with Crippen molar-refractivity contribution in [1.29, 1.82) is 0 Å². The summed E-state index contributed by atoms with van der Waals surface area (Å²) in [6.07, 6.45) is 5.67. The minimum absolute atomic E-state index is 1.02. The second-order valence-corrected chi connectivity index (χ2v) is 4.37. The molecular formula is C11H23N. The second kappa shape index (κ2) is 4.86. The van der Waals surface area contributed by atoms with Gasteiger partial charge >= 0.3 is 0 Å². The first-order chi connectivity index (χ1) is 5.76. The first kappa shape index (κ1) is 10.0. The van der Waals surface area contributed by atoms with Crippen molar-refractivity contribution in [3.63, 3.8) is 0 Å². The van der Waals surface area contributed by atoms with E-state index in [-0.39, 0.29) is 0 Å². The molecule has 0 amide bonds. The first-order valence-electron chi connectivity index (χ1n) is 5.44. The zero-order chi connectivity index (χ0) is 8.97. The summed E-state index contributed by atoms with van der Waals surface area (Å²) in [5, 5.41) is 0. The summed E-state index contributed by atoms with van der Waals surface area (Å²) in [6, 6.07) is 0. The van der Waals surface area contributed by atoms with E-state index in [4.69, 9.17) is 0 Å². The van der Waals surface area contributed by atoms with Crippen molar-refractivity contribution in [3.8, 4) is 0 Å². The Morgan fingerprint density at radius 2 is 1.83 bits per heavy atom. The van der Waals surface area contributed by atoms with Gasteiger partial charge in [-0.25, -0.2) is 0 Å². The SMILES string of the molecule is CCCN(C)CC1CC(CC)C1. The molecule has 1 fully saturated rings. The van der Waals surface area contributed by atoms with Crippen LogP contribution in [0.4, 0.5) is 0 Å². The van der Waals surface area contributed by atoms with Gasteiger partial charge in [0.2, 0.25) is 0 Å². The molecule has 0 unspecified atom stereocenters. The molecule has 0 aromatic rings. The van der Waals surface area contributed by atoms with E-state index in [1.165, 1.54) is 38.8 Å². The number of nitrogens with zero attached hydrogens (tertiary/aromatic N) is 1. The monoisotopic (exact) mass is 169 g/mol. The lowest BCUT2D eigenvalue weighted by Crippen LogP contribution is -2.34. The third kappa shape index (κ3) is 2.78. The Morgan fingerprint density at radius 1 is 1.17 bits per heavy atom. The van der Waals surface area contributed by atoms with Crippen LogP contribution in [0.25, 0.3) is 0 Å². The minimum atomic E-state index is 1.02. The first-order valence-corrected chi connectivity index (χ1v) is 5.44. The fourth-order valence-electron chi connectivity index (χ4n) is 2.27. The molecule has 1 aliphatic rings. The van der Waals surface area contributed by atoms with Gasteiger partial charge in [-0.15, -0.1) is 0 Å². The van der Waals surface area contributed by atoms with Gasteiger partial charge in [-0.2, -0.15) is 0 Å². The maximum atomic E-state index is 2.48. The molecule has 0 aliphatic heterocycles. The Morgan fingerprint density at radius 3 is 2.33 bits per heavy atom. The Balaban J connectivity index is 2.02. The minimum Gasteiger partial charge on any atom is -0.306 e. The fraction of sp³-hybridized carbons (Fsp3) is 1.00. The summed E-state index contributed by atoms with van der Waals surface area (Å²) in [6.45, 7) is 7.18. The smallest absolute Gasteiger partial charge is 0.000681 e. The predicted octanol–water partition coefficient (Wildman–Crippen LogP) is 2.76. The molecular weight excluding hydrogens is 146 g/mol. The number of hydrogen-bond donors (Lipinski definition) is 0. The molecule has 0 saturated heterocycles. The van der Waals surface area contributed by atoms with E-state index in [0.29, 0.717) is 0 Å². The lowest BCUT2D eigenvalue weighted by atomic mass is 9.73. The molecule has 0 radical (unpaired) electrons. The van der Waals surface area contributed by atoms with Crippen molar-refractivity contribution in [2.45, 2.75) is 39.5 Å². The zero-order valence-corrected chi connectivity index (χ0v) is 8.84. The van der Waals surface area contributed by atoms with Crippen molar-refractivity contribution >= 4 is 0 Å². The normalized spacial score (nSPS) is 29.0. The average Bonchev–Trinajstić information content (AvgIpc) is 1.96. The van der Waals surface area contributed by atoms with Crippen molar-refractivity contribution < 1.29 is 0 Å². The van der Waals surface area contributed by atoms with Crippen LogP contribution in [-0.4, -0.2) is 25.0 Å². The predicted molar refractivity (Wildman–Crippen MR) is 54.3 cm³/mol. The highest BCUT2D eigenvalue weighted by Crippen LogP contribution is 2.35. The van der Waals surface area contributed by atoms with Gasteiger partial charge in [0.15, 0.2) is 0 Å². The Bertz CT molecular complexity index is 116. The molecule has 0 heterocycles. The lowest BCUT2D eigenvalue weighted by Gasteiger charge is -2.37. The van der Waals surface area contributed by atoms with Crippen molar-refractivity contribution in [3.05, 3.63) is 0 Å². The van der Waals surface area contributed by atoms with E-state index in [1.807, 2.05) is 0 Å². The average molecular weight is 169 g/mol. The maximum Gasteiger partial charge on any atom is 0.000681 e. The summed E-state index contributed by atoms with van der Waals surface area (Å²) in [4.78, 5) is 2.48. The van der Waals surface area contributed by atoms with Crippen molar-refractivity contribution in [1.82, 2.24) is 4.90 Å². The van der Waals surface area contributed by atoms with E-state index in [1.54, 1.807) is 0 Å². The highest BCUT2D eigenvalue weighted by Gasteiger charge is 2.27. The summed E-state index contributed by atoms with van der Waals surface area (Å²) >= 11 is 0. The number of hydrogen-bond acceptors (Lipinski definition) is 1. The molecule has 1 rings (SSSR count). The van der Waals surface area contributed by atoms with E-state index >= 15 is 0 Å². The van der Waals surface area contributed by atoms with Gasteiger partial charge in [-0.3, -0.25) is 0 Å². The van der Waals surface area contributed by atoms with E-state index in [0.717, 1.165) is 11.8 Å². The van der Waals surface area contributed by atoms with Crippen LogP contribution in [0.3, 0.4) is 0 Å². The summed E-state index contributed by atoms with van der Waals surface area (Å²) in [5.41, 5.74) is 0. The summed E-state index contributed by atoms with van der Waals surface area (Å²) in [5.74, 6) is 2.08. The highest BCUT2D eigenvalue weighted by molar-refractivity contribution is 4.80. The maximum absolute atomic E-state index is 2.48. The summed E-state index contributed by atoms with van der Waals surface area (Å²) in [7, 11) is 2.25. The van der Waals surface area contributed by atoms with E-state index in [9.17, 15) is 0 Å². The molecule has 0 atom stereocenters. The quantitative estimate of drug-likeness (QED) is 0.611. The van der Waals surface area contributed by atoms with Gasteiger partial charge in [0.25, 0.3) is 0 Å². The Kier molecular flexibility index (Phi) is 4.07. The highest BCUT2D eigenvalue weighted by atomic mass is 15.1. The van der Waals surface area contributed by atoms with Crippen LogP contribution >= 0.6 is 0 Å². The standard InChI is InChI=1S/C11H23N/c1-4-6-12(3)9-11-7-10(5-2)8-11/h10-11H,4-9H2,1-3H3. The lowest BCUT2D eigenvalue weighted by molar-refractivity contribution is 0.136. The van der Waals surface area contributed by atoms with Crippen LogP contribution in [0.15, 0.2) is 0 Å². The fourth-order valence-corrected chi connectivity index (χ4v) is 2.27. The molecule has 12 heavy (non-hydrogen) atoms. The molecule has 1 nitrogen and oxygen atoms in total. The van der Waals surface area contributed by atoms with Crippen LogP contribution < -0.4 is 0 Å². The molecule has 1 saturated carbocycles. The molecule has 72 valence electrons. The van der Waals surface area contributed by atoms with E-state index < -0.39 is 0 Å². The van der Waals surface area contributed by atoms with Gasteiger partial charge in [-0.05, 0) is 44.7 Å². The van der Waals surface area contributed by atoms with Gasteiger partial charge in [0.05, 0.1) is 0 Å². The van der Waals surface area contributed by atoms with E-state index in [2.05, 4.69) is 25.8 Å².